The molecule has 0 bridgehead atoms. The summed E-state index contributed by atoms with van der Waals surface area (Å²) < 4.78 is 0. The van der Waals surface area contributed by atoms with Gasteiger partial charge in [-0.15, -0.1) is 10.2 Å². The molecule has 25 heavy (non-hydrogen) atoms. The third kappa shape index (κ3) is 3.71. The third-order valence-corrected chi connectivity index (χ3v) is 5.17. The van der Waals surface area contributed by atoms with Crippen molar-refractivity contribution in [1.82, 2.24) is 30.0 Å². The van der Waals surface area contributed by atoms with Crippen LogP contribution < -0.4 is 0 Å². The van der Waals surface area contributed by atoms with Crippen molar-refractivity contribution in [2.75, 3.05) is 26.2 Å². The molecular formula is C18H24N6O. The normalized spacial score (nSPS) is 21.1. The van der Waals surface area contributed by atoms with Gasteiger partial charge in [0.2, 0.25) is 11.7 Å². The fourth-order valence-corrected chi connectivity index (χ4v) is 3.83. The van der Waals surface area contributed by atoms with Crippen LogP contribution in [-0.2, 0) is 11.3 Å². The van der Waals surface area contributed by atoms with Crippen LogP contribution >= 0.6 is 0 Å². The Kier molecular flexibility index (Phi) is 4.74. The predicted molar refractivity (Wildman–Crippen MR) is 93.7 cm³/mol. The van der Waals surface area contributed by atoms with E-state index in [0.717, 1.165) is 31.6 Å². The molecule has 2 aliphatic rings. The fraction of sp³-hybridized carbons (Fsp3) is 0.556. The molecule has 3 heterocycles. The van der Waals surface area contributed by atoms with Crippen LogP contribution in [0.15, 0.2) is 30.3 Å². The smallest absolute Gasteiger partial charge is 0.224 e. The van der Waals surface area contributed by atoms with Gasteiger partial charge in [0.1, 0.15) is 0 Å². The van der Waals surface area contributed by atoms with Crippen LogP contribution in [0.5, 0.6) is 0 Å². The zero-order valence-corrected chi connectivity index (χ0v) is 14.4. The number of rotatable bonds is 4. The number of aromatic nitrogens is 4. The van der Waals surface area contributed by atoms with E-state index in [-0.39, 0.29) is 5.91 Å². The maximum atomic E-state index is 12.6. The summed E-state index contributed by atoms with van der Waals surface area (Å²) in [6.45, 7) is 4.53. The average molecular weight is 340 g/mol. The molecule has 0 aliphatic carbocycles. The van der Waals surface area contributed by atoms with E-state index in [9.17, 15) is 4.79 Å². The van der Waals surface area contributed by atoms with E-state index < -0.39 is 0 Å². The number of aryl methyl sites for hydroxylation is 1. The second kappa shape index (κ2) is 7.31. The molecule has 7 heteroatoms. The molecule has 0 unspecified atom stereocenters. The van der Waals surface area contributed by atoms with E-state index in [0.29, 0.717) is 24.8 Å². The van der Waals surface area contributed by atoms with Crippen LogP contribution in [0, 0.1) is 0 Å². The second-order valence-corrected chi connectivity index (χ2v) is 6.85. The minimum atomic E-state index is 0.201. The van der Waals surface area contributed by atoms with E-state index in [2.05, 4.69) is 20.3 Å². The molecule has 2 aromatic rings. The van der Waals surface area contributed by atoms with Crippen LogP contribution in [0.4, 0.5) is 0 Å². The van der Waals surface area contributed by atoms with Crippen LogP contribution in [-0.4, -0.2) is 68.1 Å². The van der Waals surface area contributed by atoms with Gasteiger partial charge in [-0.05, 0) is 31.0 Å². The zero-order chi connectivity index (χ0) is 17.1. The van der Waals surface area contributed by atoms with Gasteiger partial charge in [0.15, 0.2) is 0 Å². The summed E-state index contributed by atoms with van der Waals surface area (Å²) in [5.74, 6) is 0.803. The number of carbonyl (C=O) groups excluding carboxylic acids is 1. The van der Waals surface area contributed by atoms with Gasteiger partial charge in [0, 0.05) is 37.7 Å². The highest BCUT2D eigenvalue weighted by Crippen LogP contribution is 2.21. The number of hydrogen-bond acceptors (Lipinski definition) is 5. The molecule has 0 spiro atoms. The van der Waals surface area contributed by atoms with E-state index >= 15 is 0 Å². The topological polar surface area (TPSA) is 67.2 Å². The van der Waals surface area contributed by atoms with Crippen molar-refractivity contribution in [2.45, 2.75) is 38.3 Å². The lowest BCUT2D eigenvalue weighted by molar-refractivity contribution is -0.131. The van der Waals surface area contributed by atoms with Gasteiger partial charge in [-0.25, -0.2) is 0 Å². The highest BCUT2D eigenvalue weighted by molar-refractivity contribution is 5.76. The number of benzene rings is 1. The van der Waals surface area contributed by atoms with Crippen LogP contribution in [0.3, 0.4) is 0 Å². The monoisotopic (exact) mass is 340 g/mol. The summed E-state index contributed by atoms with van der Waals surface area (Å²) in [4.78, 5) is 18.7. The Balaban J connectivity index is 1.33. The number of nitrogens with zero attached hydrogens (tertiary/aromatic N) is 6. The van der Waals surface area contributed by atoms with Crippen molar-refractivity contribution < 1.29 is 4.79 Å². The van der Waals surface area contributed by atoms with Crippen molar-refractivity contribution in [3.05, 3.63) is 30.3 Å². The van der Waals surface area contributed by atoms with Gasteiger partial charge in [0.25, 0.3) is 0 Å². The first kappa shape index (κ1) is 16.2. The standard InChI is InChI=1S/C18H24N6O/c25-17(23-12-5-11-22-10-4-8-16(22)14-23)9-13-24-20-18(19-21-24)15-6-2-1-3-7-15/h1-3,6-7,16H,4-5,8-14H2/t16-/m0/s1. The van der Waals surface area contributed by atoms with Crippen LogP contribution in [0.2, 0.25) is 0 Å². The average Bonchev–Trinajstić information content (AvgIpc) is 3.25. The Morgan fingerprint density at radius 3 is 2.84 bits per heavy atom. The maximum Gasteiger partial charge on any atom is 0.224 e. The molecule has 0 radical (unpaired) electrons. The molecule has 1 amide bonds. The Labute approximate surface area is 147 Å². The molecule has 1 atom stereocenters. The highest BCUT2D eigenvalue weighted by Gasteiger charge is 2.30. The lowest BCUT2D eigenvalue weighted by Gasteiger charge is -2.25. The summed E-state index contributed by atoms with van der Waals surface area (Å²) in [7, 11) is 0. The number of carbonyl (C=O) groups is 1. The Hall–Kier alpha value is -2.28. The summed E-state index contributed by atoms with van der Waals surface area (Å²) >= 11 is 0. The molecule has 0 saturated carbocycles. The van der Waals surface area contributed by atoms with Gasteiger partial charge in [-0.2, -0.15) is 4.80 Å². The predicted octanol–water partition coefficient (Wildman–Crippen LogP) is 1.43. The van der Waals surface area contributed by atoms with Gasteiger partial charge in [-0.1, -0.05) is 30.3 Å². The SMILES string of the molecule is O=C(CCn1nnc(-c2ccccc2)n1)N1CCCN2CCC[C@H]2C1. The second-order valence-electron chi connectivity index (χ2n) is 6.85. The molecule has 2 aliphatic heterocycles. The maximum absolute atomic E-state index is 12.6. The number of hydrogen-bond donors (Lipinski definition) is 0. The third-order valence-electron chi connectivity index (χ3n) is 5.17. The Morgan fingerprint density at radius 1 is 1.12 bits per heavy atom. The summed E-state index contributed by atoms with van der Waals surface area (Å²) in [6, 6.07) is 10.3. The first-order chi connectivity index (χ1) is 12.3. The minimum absolute atomic E-state index is 0.201. The highest BCUT2D eigenvalue weighted by atomic mass is 16.2. The van der Waals surface area contributed by atoms with Crippen LogP contribution in [0.25, 0.3) is 11.4 Å². The summed E-state index contributed by atoms with van der Waals surface area (Å²) in [5, 5.41) is 12.5. The molecule has 2 saturated heterocycles. The van der Waals surface area contributed by atoms with Gasteiger partial charge in [0.05, 0.1) is 6.54 Å². The Morgan fingerprint density at radius 2 is 1.96 bits per heavy atom. The van der Waals surface area contributed by atoms with Crippen molar-refractivity contribution in [3.63, 3.8) is 0 Å². The number of amides is 1. The largest absolute Gasteiger partial charge is 0.341 e. The first-order valence-corrected chi connectivity index (χ1v) is 9.15. The first-order valence-electron chi connectivity index (χ1n) is 9.15. The van der Waals surface area contributed by atoms with Gasteiger partial charge >= 0.3 is 0 Å². The summed E-state index contributed by atoms with van der Waals surface area (Å²) in [5.41, 5.74) is 0.939. The molecular weight excluding hydrogens is 316 g/mol. The van der Waals surface area contributed by atoms with E-state index in [1.807, 2.05) is 35.2 Å². The molecule has 0 N–H and O–H groups in total. The zero-order valence-electron chi connectivity index (χ0n) is 14.4. The van der Waals surface area contributed by atoms with Crippen molar-refractivity contribution >= 4 is 5.91 Å². The lowest BCUT2D eigenvalue weighted by atomic mass is 10.2. The molecule has 2 fully saturated rings. The quantitative estimate of drug-likeness (QED) is 0.842. The molecule has 1 aromatic carbocycles. The van der Waals surface area contributed by atoms with E-state index in [1.54, 1.807) is 0 Å². The summed E-state index contributed by atoms with van der Waals surface area (Å²) in [6.07, 6.45) is 3.98. The van der Waals surface area contributed by atoms with Crippen LogP contribution in [0.1, 0.15) is 25.7 Å². The van der Waals surface area contributed by atoms with Gasteiger partial charge < -0.3 is 4.90 Å². The molecule has 4 rings (SSSR count). The van der Waals surface area contributed by atoms with Crippen molar-refractivity contribution in [3.8, 4) is 11.4 Å². The fourth-order valence-electron chi connectivity index (χ4n) is 3.83. The Bertz CT molecular complexity index is 715. The van der Waals surface area contributed by atoms with E-state index in [4.69, 9.17) is 0 Å². The van der Waals surface area contributed by atoms with Gasteiger partial charge in [-0.3, -0.25) is 9.69 Å². The van der Waals surface area contributed by atoms with Crippen molar-refractivity contribution in [1.29, 1.82) is 0 Å². The molecule has 1 aromatic heterocycles. The lowest BCUT2D eigenvalue weighted by Crippen LogP contribution is -2.39. The minimum Gasteiger partial charge on any atom is -0.341 e. The van der Waals surface area contributed by atoms with E-state index in [1.165, 1.54) is 24.2 Å². The molecule has 132 valence electrons. The molecule has 7 nitrogen and oxygen atoms in total. The number of fused-ring (bicyclic) bond motifs is 1. The van der Waals surface area contributed by atoms with Crippen molar-refractivity contribution in [2.24, 2.45) is 0 Å². The number of tetrazole rings is 1.